The van der Waals surface area contributed by atoms with Gasteiger partial charge in [0.2, 0.25) is 0 Å². The van der Waals surface area contributed by atoms with Gasteiger partial charge in [-0.05, 0) is 37.2 Å². The minimum atomic E-state index is 0.00200. The molecule has 1 aromatic rings. The van der Waals surface area contributed by atoms with Crippen molar-refractivity contribution in [3.05, 3.63) is 34.9 Å². The first-order chi connectivity index (χ1) is 11.0. The number of carbonyl (C=O) groups is 1. The van der Waals surface area contributed by atoms with E-state index in [0.29, 0.717) is 30.3 Å². The highest BCUT2D eigenvalue weighted by molar-refractivity contribution is 6.30. The van der Waals surface area contributed by atoms with E-state index in [2.05, 4.69) is 4.90 Å². The van der Waals surface area contributed by atoms with Gasteiger partial charge in [-0.25, -0.2) is 0 Å². The van der Waals surface area contributed by atoms with Crippen LogP contribution < -0.4 is 0 Å². The number of halogens is 1. The van der Waals surface area contributed by atoms with Crippen molar-refractivity contribution in [2.45, 2.75) is 0 Å². The Bertz CT molecular complexity index is 509. The van der Waals surface area contributed by atoms with Crippen LogP contribution >= 0.6 is 11.6 Å². The fraction of sp³-hybridized carbons (Fsp3) is 0.588. The van der Waals surface area contributed by atoms with E-state index in [4.69, 9.17) is 16.3 Å². The molecule has 0 saturated carbocycles. The first kappa shape index (κ1) is 18.2. The highest BCUT2D eigenvalue weighted by Crippen LogP contribution is 2.25. The fourth-order valence-corrected chi connectivity index (χ4v) is 3.16. The molecule has 1 heterocycles. The van der Waals surface area contributed by atoms with Gasteiger partial charge < -0.3 is 19.6 Å². The van der Waals surface area contributed by atoms with Crippen LogP contribution in [-0.2, 0) is 4.74 Å². The summed E-state index contributed by atoms with van der Waals surface area (Å²) in [5, 5.41) is 10.3. The third kappa shape index (κ3) is 4.91. The molecule has 1 fully saturated rings. The van der Waals surface area contributed by atoms with Crippen molar-refractivity contribution < 1.29 is 14.6 Å². The van der Waals surface area contributed by atoms with Crippen molar-refractivity contribution in [2.75, 3.05) is 53.6 Å². The van der Waals surface area contributed by atoms with Crippen molar-refractivity contribution >= 4 is 17.5 Å². The number of likely N-dealkylation sites (tertiary alicyclic amines) is 1. The summed E-state index contributed by atoms with van der Waals surface area (Å²) in [7, 11) is 3.73. The van der Waals surface area contributed by atoms with E-state index in [-0.39, 0.29) is 24.3 Å². The summed E-state index contributed by atoms with van der Waals surface area (Å²) in [4.78, 5) is 16.6. The second-order valence-electron chi connectivity index (χ2n) is 6.17. The maximum atomic E-state index is 12.6. The summed E-state index contributed by atoms with van der Waals surface area (Å²) < 4.78 is 5.09. The molecule has 1 aliphatic heterocycles. The molecule has 1 saturated heterocycles. The maximum Gasteiger partial charge on any atom is 0.253 e. The molecule has 1 aromatic carbocycles. The first-order valence-corrected chi connectivity index (χ1v) is 8.26. The van der Waals surface area contributed by atoms with Crippen LogP contribution in [0.3, 0.4) is 0 Å². The molecule has 128 valence electrons. The lowest BCUT2D eigenvalue weighted by Crippen LogP contribution is -2.33. The SMILES string of the molecule is COCCN(C)C[C@@H]1CN(C(=O)c2ccc(Cl)cc2)C[C@@H]1CO. The third-order valence-electron chi connectivity index (χ3n) is 4.41. The first-order valence-electron chi connectivity index (χ1n) is 7.88. The number of rotatable bonds is 7. The number of amides is 1. The highest BCUT2D eigenvalue weighted by Gasteiger charge is 2.35. The number of carbonyl (C=O) groups excluding carboxylic acids is 1. The number of methoxy groups -OCH3 is 1. The number of hydrogen-bond acceptors (Lipinski definition) is 4. The Balaban J connectivity index is 1.97. The van der Waals surface area contributed by atoms with E-state index < -0.39 is 0 Å². The maximum absolute atomic E-state index is 12.6. The van der Waals surface area contributed by atoms with Crippen LogP contribution in [0, 0.1) is 11.8 Å². The van der Waals surface area contributed by atoms with Crippen molar-refractivity contribution in [3.63, 3.8) is 0 Å². The molecule has 5 nitrogen and oxygen atoms in total. The number of aliphatic hydroxyl groups excluding tert-OH is 1. The van der Waals surface area contributed by atoms with Crippen molar-refractivity contribution in [2.24, 2.45) is 11.8 Å². The van der Waals surface area contributed by atoms with Crippen molar-refractivity contribution in [1.82, 2.24) is 9.80 Å². The van der Waals surface area contributed by atoms with Gasteiger partial charge in [-0.15, -0.1) is 0 Å². The van der Waals surface area contributed by atoms with Crippen LogP contribution in [0.1, 0.15) is 10.4 Å². The number of hydrogen-bond donors (Lipinski definition) is 1. The van der Waals surface area contributed by atoms with Crippen molar-refractivity contribution in [1.29, 1.82) is 0 Å². The Morgan fingerprint density at radius 2 is 2.00 bits per heavy atom. The summed E-state index contributed by atoms with van der Waals surface area (Å²) in [6, 6.07) is 6.95. The van der Waals surface area contributed by atoms with Gasteiger partial charge in [-0.1, -0.05) is 11.6 Å². The van der Waals surface area contributed by atoms with Crippen LogP contribution in [0.5, 0.6) is 0 Å². The van der Waals surface area contributed by atoms with Gasteiger partial charge >= 0.3 is 0 Å². The molecule has 1 amide bonds. The lowest BCUT2D eigenvalue weighted by molar-refractivity contribution is 0.0778. The van der Waals surface area contributed by atoms with Crippen LogP contribution in [0.2, 0.25) is 5.02 Å². The van der Waals surface area contributed by atoms with Gasteiger partial charge in [-0.2, -0.15) is 0 Å². The predicted octanol–water partition coefficient (Wildman–Crippen LogP) is 1.60. The van der Waals surface area contributed by atoms with Gasteiger partial charge in [0.15, 0.2) is 0 Å². The average molecular weight is 341 g/mol. The molecular weight excluding hydrogens is 316 g/mol. The Morgan fingerprint density at radius 1 is 1.35 bits per heavy atom. The largest absolute Gasteiger partial charge is 0.396 e. The van der Waals surface area contributed by atoms with Crippen LogP contribution in [-0.4, -0.2) is 74.4 Å². The fourth-order valence-electron chi connectivity index (χ4n) is 3.03. The molecule has 2 atom stereocenters. The molecule has 2 rings (SSSR count). The Labute approximate surface area is 142 Å². The number of aliphatic hydroxyl groups is 1. The van der Waals surface area contributed by atoms with E-state index in [0.717, 1.165) is 13.1 Å². The zero-order valence-corrected chi connectivity index (χ0v) is 14.5. The third-order valence-corrected chi connectivity index (χ3v) is 4.66. The minimum Gasteiger partial charge on any atom is -0.396 e. The summed E-state index contributed by atoms with van der Waals surface area (Å²) in [5.74, 6) is 0.400. The monoisotopic (exact) mass is 340 g/mol. The van der Waals surface area contributed by atoms with Gasteiger partial charge in [-0.3, -0.25) is 4.79 Å². The van der Waals surface area contributed by atoms with Crippen LogP contribution in [0.4, 0.5) is 0 Å². The number of ether oxygens (including phenoxy) is 1. The molecular formula is C17H25ClN2O3. The molecule has 0 radical (unpaired) electrons. The molecule has 23 heavy (non-hydrogen) atoms. The molecule has 0 unspecified atom stereocenters. The quantitative estimate of drug-likeness (QED) is 0.819. The molecule has 0 bridgehead atoms. The van der Waals surface area contributed by atoms with E-state index in [1.54, 1.807) is 31.4 Å². The van der Waals surface area contributed by atoms with Crippen molar-refractivity contribution in [3.8, 4) is 0 Å². The molecule has 0 aromatic heterocycles. The Kier molecular flexibility index (Phi) is 6.84. The zero-order valence-electron chi connectivity index (χ0n) is 13.7. The number of nitrogens with zero attached hydrogens (tertiary/aromatic N) is 2. The van der Waals surface area contributed by atoms with E-state index >= 15 is 0 Å². The molecule has 6 heteroatoms. The summed E-state index contributed by atoms with van der Waals surface area (Å²) in [6.45, 7) is 3.74. The minimum absolute atomic E-state index is 0.00200. The molecule has 1 N–H and O–H groups in total. The van der Waals surface area contributed by atoms with Crippen LogP contribution in [0.15, 0.2) is 24.3 Å². The van der Waals surface area contributed by atoms with Gasteiger partial charge in [0.25, 0.3) is 5.91 Å². The molecule has 0 spiro atoms. The molecule has 0 aliphatic carbocycles. The average Bonchev–Trinajstić information content (AvgIpc) is 2.95. The smallest absolute Gasteiger partial charge is 0.253 e. The molecule has 1 aliphatic rings. The second-order valence-corrected chi connectivity index (χ2v) is 6.61. The van der Waals surface area contributed by atoms with Gasteiger partial charge in [0.1, 0.15) is 0 Å². The summed E-state index contributed by atoms with van der Waals surface area (Å²) >= 11 is 5.87. The highest BCUT2D eigenvalue weighted by atomic mass is 35.5. The van der Waals surface area contributed by atoms with E-state index in [1.807, 2.05) is 11.9 Å². The second kappa shape index (κ2) is 8.64. The Hall–Kier alpha value is -1.14. The van der Waals surface area contributed by atoms with Crippen LogP contribution in [0.25, 0.3) is 0 Å². The Morgan fingerprint density at radius 3 is 2.61 bits per heavy atom. The summed E-state index contributed by atoms with van der Waals surface area (Å²) in [6.07, 6.45) is 0. The van der Waals surface area contributed by atoms with Gasteiger partial charge in [0.05, 0.1) is 6.61 Å². The van der Waals surface area contributed by atoms with E-state index in [9.17, 15) is 9.90 Å². The zero-order chi connectivity index (χ0) is 16.8. The topological polar surface area (TPSA) is 53.0 Å². The number of likely N-dealkylation sites (N-methyl/N-ethyl adjacent to an activating group) is 1. The lowest BCUT2D eigenvalue weighted by Gasteiger charge is -2.23. The number of benzene rings is 1. The summed E-state index contributed by atoms with van der Waals surface area (Å²) in [5.41, 5.74) is 0.638. The normalized spacial score (nSPS) is 21.2. The standard InChI is InChI=1S/C17H25ClN2O3/c1-19(7-8-23-2)9-14-10-20(11-15(14)12-21)17(22)13-3-5-16(18)6-4-13/h3-6,14-15,21H,7-12H2,1-2H3/t14-,15-/m1/s1. The predicted molar refractivity (Wildman–Crippen MR) is 90.8 cm³/mol. The lowest BCUT2D eigenvalue weighted by atomic mass is 9.96. The van der Waals surface area contributed by atoms with Gasteiger partial charge in [0, 0.05) is 56.4 Å². The van der Waals surface area contributed by atoms with E-state index in [1.165, 1.54) is 0 Å².